The number of hydrogen-bond donors (Lipinski definition) is 1. The van der Waals surface area contributed by atoms with Crippen molar-refractivity contribution in [2.45, 2.75) is 20.8 Å². The number of carbonyl (C=O) groups is 2. The van der Waals surface area contributed by atoms with Gasteiger partial charge < -0.3 is 10.5 Å². The molecule has 0 atom stereocenters. The molecule has 0 unspecified atom stereocenters. The Morgan fingerprint density at radius 2 is 1.94 bits per heavy atom. The molecule has 18 heavy (non-hydrogen) atoms. The minimum atomic E-state index is -0.925. The van der Waals surface area contributed by atoms with Gasteiger partial charge in [0.2, 0.25) is 0 Å². The number of primary amides is 1. The Labute approximate surface area is 105 Å². The van der Waals surface area contributed by atoms with Crippen LogP contribution in [-0.2, 0) is 4.79 Å². The molecule has 0 aliphatic heterocycles. The van der Waals surface area contributed by atoms with Crippen LogP contribution in [0.15, 0.2) is 18.2 Å². The van der Waals surface area contributed by atoms with Crippen molar-refractivity contribution in [3.05, 3.63) is 29.6 Å². The molecule has 0 bridgehead atoms. The van der Waals surface area contributed by atoms with E-state index in [4.69, 9.17) is 10.5 Å². The zero-order chi connectivity index (χ0) is 13.9. The maximum atomic E-state index is 13.4. The molecule has 1 rings (SSSR count). The van der Waals surface area contributed by atoms with Gasteiger partial charge in [0, 0.05) is 5.41 Å². The van der Waals surface area contributed by atoms with Gasteiger partial charge in [-0.1, -0.05) is 26.8 Å². The average molecular weight is 253 g/mol. The van der Waals surface area contributed by atoms with Crippen molar-refractivity contribution in [2.75, 3.05) is 6.61 Å². The first-order chi connectivity index (χ1) is 8.23. The van der Waals surface area contributed by atoms with Gasteiger partial charge in [-0.3, -0.25) is 9.59 Å². The normalized spacial score (nSPS) is 11.1. The first-order valence-corrected chi connectivity index (χ1v) is 5.48. The Morgan fingerprint density at radius 1 is 1.33 bits per heavy atom. The smallest absolute Gasteiger partial charge is 0.255 e. The minimum absolute atomic E-state index is 0.0138. The summed E-state index contributed by atoms with van der Waals surface area (Å²) in [6.07, 6.45) is 0. The van der Waals surface area contributed by atoms with Crippen molar-refractivity contribution in [3.63, 3.8) is 0 Å². The fourth-order valence-corrected chi connectivity index (χ4v) is 1.22. The summed E-state index contributed by atoms with van der Waals surface area (Å²) in [6.45, 7) is 5.02. The molecule has 4 nitrogen and oxygen atoms in total. The molecule has 0 saturated carbocycles. The van der Waals surface area contributed by atoms with Crippen LogP contribution in [0.5, 0.6) is 5.75 Å². The van der Waals surface area contributed by atoms with Crippen molar-refractivity contribution < 1.29 is 18.7 Å². The van der Waals surface area contributed by atoms with E-state index in [1.165, 1.54) is 12.1 Å². The number of hydrogen-bond acceptors (Lipinski definition) is 3. The Bertz CT molecular complexity index is 478. The Kier molecular flexibility index (Phi) is 4.06. The van der Waals surface area contributed by atoms with Gasteiger partial charge in [0.15, 0.2) is 5.78 Å². The van der Waals surface area contributed by atoms with E-state index in [2.05, 4.69) is 0 Å². The third-order valence-electron chi connectivity index (χ3n) is 2.42. The topological polar surface area (TPSA) is 69.4 Å². The summed E-state index contributed by atoms with van der Waals surface area (Å²) in [4.78, 5) is 22.8. The van der Waals surface area contributed by atoms with E-state index in [1.54, 1.807) is 20.8 Å². The maximum absolute atomic E-state index is 13.4. The van der Waals surface area contributed by atoms with Crippen LogP contribution in [-0.4, -0.2) is 18.3 Å². The number of amides is 1. The molecular weight excluding hydrogens is 237 g/mol. The van der Waals surface area contributed by atoms with Gasteiger partial charge in [-0.2, -0.15) is 0 Å². The van der Waals surface area contributed by atoms with Gasteiger partial charge in [0.1, 0.15) is 23.7 Å². The third-order valence-corrected chi connectivity index (χ3v) is 2.42. The minimum Gasteiger partial charge on any atom is -0.485 e. The molecule has 1 aromatic rings. The number of Topliss-reactive ketones (excluding diaryl/α,β-unsaturated/α-hetero) is 1. The van der Waals surface area contributed by atoms with Crippen LogP contribution in [0.25, 0.3) is 0 Å². The molecule has 5 heteroatoms. The molecule has 0 saturated heterocycles. The molecular formula is C13H16FNO3. The molecule has 0 spiro atoms. The Hall–Kier alpha value is -1.91. The van der Waals surface area contributed by atoms with E-state index < -0.39 is 17.1 Å². The Morgan fingerprint density at radius 3 is 2.44 bits per heavy atom. The van der Waals surface area contributed by atoms with Crippen LogP contribution in [0.1, 0.15) is 31.1 Å². The lowest BCUT2D eigenvalue weighted by Crippen LogP contribution is -2.27. The van der Waals surface area contributed by atoms with E-state index in [0.717, 1.165) is 6.07 Å². The van der Waals surface area contributed by atoms with Crippen LogP contribution in [0.3, 0.4) is 0 Å². The first-order valence-electron chi connectivity index (χ1n) is 5.48. The largest absolute Gasteiger partial charge is 0.485 e. The van der Waals surface area contributed by atoms with Gasteiger partial charge in [-0.05, 0) is 12.1 Å². The summed E-state index contributed by atoms with van der Waals surface area (Å²) < 4.78 is 18.6. The number of benzene rings is 1. The predicted molar refractivity (Wildman–Crippen MR) is 64.9 cm³/mol. The van der Waals surface area contributed by atoms with E-state index in [0.29, 0.717) is 0 Å². The highest BCUT2D eigenvalue weighted by atomic mass is 19.1. The van der Waals surface area contributed by atoms with Crippen molar-refractivity contribution in [1.29, 1.82) is 0 Å². The molecule has 2 N–H and O–H groups in total. The monoisotopic (exact) mass is 253 g/mol. The highest BCUT2D eigenvalue weighted by Gasteiger charge is 2.23. The van der Waals surface area contributed by atoms with E-state index in [-0.39, 0.29) is 23.7 Å². The number of ketones is 1. The molecule has 1 amide bonds. The quantitative estimate of drug-likeness (QED) is 0.891. The van der Waals surface area contributed by atoms with Gasteiger partial charge in [-0.25, -0.2) is 4.39 Å². The number of ether oxygens (including phenoxy) is 1. The molecule has 0 aliphatic rings. The summed E-state index contributed by atoms with van der Waals surface area (Å²) >= 11 is 0. The summed E-state index contributed by atoms with van der Waals surface area (Å²) in [6, 6.07) is 3.90. The number of nitrogens with two attached hydrogens (primary N) is 1. The number of halogens is 1. The zero-order valence-electron chi connectivity index (χ0n) is 10.6. The molecule has 0 aliphatic carbocycles. The van der Waals surface area contributed by atoms with E-state index in [1.807, 2.05) is 0 Å². The van der Waals surface area contributed by atoms with Gasteiger partial charge in [0.25, 0.3) is 5.91 Å². The summed E-state index contributed by atoms with van der Waals surface area (Å²) in [7, 11) is 0. The molecule has 0 radical (unpaired) electrons. The van der Waals surface area contributed by atoms with Crippen LogP contribution in [0, 0.1) is 11.2 Å². The van der Waals surface area contributed by atoms with Crippen molar-refractivity contribution in [2.24, 2.45) is 11.1 Å². The Balaban J connectivity index is 2.90. The maximum Gasteiger partial charge on any atom is 0.255 e. The second kappa shape index (κ2) is 5.16. The van der Waals surface area contributed by atoms with Gasteiger partial charge in [-0.15, -0.1) is 0 Å². The average Bonchev–Trinajstić information content (AvgIpc) is 2.23. The molecule has 0 aromatic heterocycles. The van der Waals surface area contributed by atoms with Crippen LogP contribution >= 0.6 is 0 Å². The third kappa shape index (κ3) is 3.29. The highest BCUT2D eigenvalue weighted by molar-refractivity contribution is 5.96. The van der Waals surface area contributed by atoms with Gasteiger partial charge in [0.05, 0.1) is 0 Å². The van der Waals surface area contributed by atoms with Crippen molar-refractivity contribution in [3.8, 4) is 5.75 Å². The van der Waals surface area contributed by atoms with E-state index in [9.17, 15) is 14.0 Å². The van der Waals surface area contributed by atoms with Crippen molar-refractivity contribution in [1.82, 2.24) is 0 Å². The lowest BCUT2D eigenvalue weighted by molar-refractivity contribution is -0.128. The van der Waals surface area contributed by atoms with Crippen molar-refractivity contribution >= 4 is 11.7 Å². The first kappa shape index (κ1) is 14.2. The second-order valence-corrected chi connectivity index (χ2v) is 4.94. The summed E-state index contributed by atoms with van der Waals surface area (Å²) in [5, 5.41) is 0. The van der Waals surface area contributed by atoms with Crippen LogP contribution in [0.4, 0.5) is 4.39 Å². The number of carbonyl (C=O) groups excluding carboxylic acids is 2. The van der Waals surface area contributed by atoms with Crippen LogP contribution < -0.4 is 10.5 Å². The van der Waals surface area contributed by atoms with Gasteiger partial charge >= 0.3 is 0 Å². The molecule has 0 heterocycles. The fraction of sp³-hybridized carbons (Fsp3) is 0.385. The summed E-state index contributed by atoms with van der Waals surface area (Å²) in [5.74, 6) is -1.85. The highest BCUT2D eigenvalue weighted by Crippen LogP contribution is 2.22. The molecule has 98 valence electrons. The SMILES string of the molecule is CC(C)(C)C(=O)COc1cccc(F)c1C(N)=O. The predicted octanol–water partition coefficient (Wildman–Crippen LogP) is 1.92. The number of rotatable bonds is 4. The second-order valence-electron chi connectivity index (χ2n) is 4.94. The fourth-order valence-electron chi connectivity index (χ4n) is 1.22. The lowest BCUT2D eigenvalue weighted by atomic mass is 9.91. The molecule has 0 fully saturated rings. The van der Waals surface area contributed by atoms with Crippen LogP contribution in [0.2, 0.25) is 0 Å². The standard InChI is InChI=1S/C13H16FNO3/c1-13(2,3)10(16)7-18-9-6-4-5-8(14)11(9)12(15)17/h4-6H,7H2,1-3H3,(H2,15,17). The lowest BCUT2D eigenvalue weighted by Gasteiger charge is -2.17. The zero-order valence-corrected chi connectivity index (χ0v) is 10.6. The summed E-state index contributed by atoms with van der Waals surface area (Å²) in [5.41, 5.74) is 4.17. The van der Waals surface area contributed by atoms with E-state index >= 15 is 0 Å². The molecule has 1 aromatic carbocycles.